The number of para-hydroxylation sites is 1. The number of rotatable bonds is 9. The first-order valence-corrected chi connectivity index (χ1v) is 13.5. The highest BCUT2D eigenvalue weighted by atomic mass is 28.3. The minimum Gasteiger partial charge on any atom is -0.480 e. The molecule has 0 aliphatic carbocycles. The van der Waals surface area contributed by atoms with Gasteiger partial charge in [-0.2, -0.15) is 0 Å². The van der Waals surface area contributed by atoms with E-state index in [9.17, 15) is 14.7 Å². The Balaban J connectivity index is 2.25. The number of fused-ring (bicyclic) bond motifs is 1. The first-order valence-electron chi connectivity index (χ1n) is 9.84. The van der Waals surface area contributed by atoms with Gasteiger partial charge in [-0.15, -0.1) is 6.58 Å². The molecule has 6 nitrogen and oxygen atoms in total. The van der Waals surface area contributed by atoms with Gasteiger partial charge in [0.25, 0.3) is 0 Å². The number of carbonyl (C=O) groups excluding carboxylic acids is 1. The van der Waals surface area contributed by atoms with Gasteiger partial charge in [-0.05, 0) is 17.7 Å². The van der Waals surface area contributed by atoms with Crippen LogP contribution in [0.1, 0.15) is 25.1 Å². The quantitative estimate of drug-likeness (QED) is 0.408. The molecule has 29 heavy (non-hydrogen) atoms. The predicted octanol–water partition coefficient (Wildman–Crippen LogP) is 4.69. The maximum Gasteiger partial charge on any atom is 0.407 e. The third kappa shape index (κ3) is 5.97. The van der Waals surface area contributed by atoms with Crippen molar-refractivity contribution in [1.29, 1.82) is 0 Å². The van der Waals surface area contributed by atoms with E-state index in [1.807, 2.05) is 44.2 Å². The molecule has 2 rings (SSSR count). The van der Waals surface area contributed by atoms with Crippen molar-refractivity contribution < 1.29 is 19.4 Å². The maximum absolute atomic E-state index is 12.2. The van der Waals surface area contributed by atoms with Gasteiger partial charge in [0.1, 0.15) is 6.04 Å². The first-order chi connectivity index (χ1) is 13.4. The van der Waals surface area contributed by atoms with Gasteiger partial charge in [0.05, 0.1) is 6.61 Å². The highest BCUT2D eigenvalue weighted by Crippen LogP contribution is 2.33. The van der Waals surface area contributed by atoms with E-state index in [-0.39, 0.29) is 11.8 Å². The normalized spacial score (nSPS) is 13.1. The van der Waals surface area contributed by atoms with Crippen LogP contribution >= 0.6 is 0 Å². The lowest BCUT2D eigenvalue weighted by Crippen LogP contribution is -2.43. The molecule has 158 valence electrons. The molecule has 1 atom stereocenters. The standard InChI is InChI=1S/C22H32N2O4Si/c1-7-22(2,3)19-16(15-10-8-9-11-17(15)23-19)14-18(20(25)26)24-21(27)28-12-13-29(4,5)6/h7-11,18,23H,1,12-14H2,2-6H3,(H,24,27)(H,25,26)/t18-/m0/s1. The average Bonchev–Trinajstić information content (AvgIpc) is 2.99. The summed E-state index contributed by atoms with van der Waals surface area (Å²) in [6.45, 7) is 14.8. The van der Waals surface area contributed by atoms with Gasteiger partial charge < -0.3 is 20.1 Å². The fraction of sp³-hybridized carbons (Fsp3) is 0.455. The summed E-state index contributed by atoms with van der Waals surface area (Å²) >= 11 is 0. The minimum absolute atomic E-state index is 0.148. The average molecular weight is 417 g/mol. The van der Waals surface area contributed by atoms with E-state index in [0.717, 1.165) is 28.2 Å². The molecule has 0 aliphatic heterocycles. The number of H-pyrrole nitrogens is 1. The summed E-state index contributed by atoms with van der Waals surface area (Å²) < 4.78 is 5.22. The van der Waals surface area contributed by atoms with Gasteiger partial charge in [0.2, 0.25) is 0 Å². The van der Waals surface area contributed by atoms with Gasteiger partial charge >= 0.3 is 12.1 Å². The maximum atomic E-state index is 12.2. The number of benzene rings is 1. The lowest BCUT2D eigenvalue weighted by atomic mass is 9.85. The molecular formula is C22H32N2O4Si. The van der Waals surface area contributed by atoms with Gasteiger partial charge in [0.15, 0.2) is 0 Å². The highest BCUT2D eigenvalue weighted by molar-refractivity contribution is 6.76. The minimum atomic E-state index is -1.34. The Morgan fingerprint density at radius 2 is 1.97 bits per heavy atom. The Labute approximate surface area is 173 Å². The molecule has 3 N–H and O–H groups in total. The van der Waals surface area contributed by atoms with E-state index < -0.39 is 26.2 Å². The summed E-state index contributed by atoms with van der Waals surface area (Å²) in [5.74, 6) is -1.10. The van der Waals surface area contributed by atoms with E-state index in [0.29, 0.717) is 6.61 Å². The number of alkyl carbamates (subject to hydrolysis) is 1. The molecule has 0 aliphatic rings. The third-order valence-corrected chi connectivity index (χ3v) is 6.76. The lowest BCUT2D eigenvalue weighted by molar-refractivity contribution is -0.139. The topological polar surface area (TPSA) is 91.4 Å². The largest absolute Gasteiger partial charge is 0.480 e. The zero-order valence-electron chi connectivity index (χ0n) is 18.0. The number of carbonyl (C=O) groups is 2. The van der Waals surface area contributed by atoms with Crippen LogP contribution < -0.4 is 5.32 Å². The van der Waals surface area contributed by atoms with Gasteiger partial charge in [0, 0.05) is 36.5 Å². The number of aromatic amines is 1. The molecule has 0 saturated heterocycles. The molecule has 0 unspecified atom stereocenters. The second-order valence-corrected chi connectivity index (χ2v) is 14.8. The molecule has 0 bridgehead atoms. The number of hydrogen-bond donors (Lipinski definition) is 3. The van der Waals surface area contributed by atoms with Crippen LogP contribution in [0.25, 0.3) is 10.9 Å². The van der Waals surface area contributed by atoms with E-state index in [1.54, 1.807) is 0 Å². The molecule has 1 amide bonds. The number of ether oxygens (including phenoxy) is 1. The Morgan fingerprint density at radius 1 is 1.31 bits per heavy atom. The summed E-state index contributed by atoms with van der Waals surface area (Å²) in [6.07, 6.45) is 1.28. The van der Waals surface area contributed by atoms with E-state index in [4.69, 9.17) is 4.74 Å². The van der Waals surface area contributed by atoms with Crippen molar-refractivity contribution in [3.8, 4) is 0 Å². The van der Waals surface area contributed by atoms with E-state index in [2.05, 4.69) is 36.5 Å². The Kier molecular flexibility index (Phi) is 6.95. The number of aliphatic carboxylic acids is 1. The van der Waals surface area contributed by atoms with Crippen LogP contribution in [0.5, 0.6) is 0 Å². The van der Waals surface area contributed by atoms with Crippen molar-refractivity contribution in [2.45, 2.75) is 57.4 Å². The summed E-state index contributed by atoms with van der Waals surface area (Å²) in [4.78, 5) is 27.4. The van der Waals surface area contributed by atoms with Crippen molar-refractivity contribution >= 4 is 31.0 Å². The molecule has 1 aromatic heterocycles. The number of nitrogens with one attached hydrogen (secondary N) is 2. The van der Waals surface area contributed by atoms with E-state index in [1.165, 1.54) is 0 Å². The predicted molar refractivity (Wildman–Crippen MR) is 119 cm³/mol. The second-order valence-electron chi connectivity index (χ2n) is 9.14. The van der Waals surface area contributed by atoms with Crippen LogP contribution in [0.15, 0.2) is 36.9 Å². The van der Waals surface area contributed by atoms with Gasteiger partial charge in [-0.1, -0.05) is 57.8 Å². The number of amides is 1. The fourth-order valence-electron chi connectivity index (χ4n) is 3.10. The fourth-order valence-corrected chi connectivity index (χ4v) is 3.82. The van der Waals surface area contributed by atoms with Crippen molar-refractivity contribution in [2.24, 2.45) is 0 Å². The summed E-state index contributed by atoms with van der Waals surface area (Å²) in [5, 5.41) is 13.2. The van der Waals surface area contributed by atoms with Crippen molar-refractivity contribution in [1.82, 2.24) is 10.3 Å². The van der Waals surface area contributed by atoms with Crippen LogP contribution in [-0.4, -0.2) is 42.9 Å². The van der Waals surface area contributed by atoms with Crippen LogP contribution in [-0.2, 0) is 21.4 Å². The summed E-state index contributed by atoms with van der Waals surface area (Å²) in [6, 6.07) is 7.49. The molecule has 0 saturated carbocycles. The van der Waals surface area contributed by atoms with Crippen molar-refractivity contribution in [3.63, 3.8) is 0 Å². The van der Waals surface area contributed by atoms with Gasteiger partial charge in [-0.3, -0.25) is 0 Å². The third-order valence-electron chi connectivity index (χ3n) is 5.05. The van der Waals surface area contributed by atoms with E-state index >= 15 is 0 Å². The molecule has 2 aromatic rings. The van der Waals surface area contributed by atoms with Gasteiger partial charge in [-0.25, -0.2) is 9.59 Å². The van der Waals surface area contributed by atoms with Crippen LogP contribution in [0.2, 0.25) is 25.7 Å². The number of carboxylic acids is 1. The van der Waals surface area contributed by atoms with Crippen LogP contribution in [0.4, 0.5) is 4.79 Å². The Hall–Kier alpha value is -2.54. The summed E-state index contributed by atoms with van der Waals surface area (Å²) in [5.41, 5.74) is 2.30. The number of aromatic nitrogens is 1. The molecule has 1 aromatic carbocycles. The van der Waals surface area contributed by atoms with Crippen LogP contribution in [0.3, 0.4) is 0 Å². The van der Waals surface area contributed by atoms with Crippen LogP contribution in [0, 0.1) is 0 Å². The Bertz CT molecular complexity index is 896. The monoisotopic (exact) mass is 416 g/mol. The summed E-state index contributed by atoms with van der Waals surface area (Å²) in [7, 11) is -1.34. The number of carboxylic acid groups (broad SMARTS) is 1. The zero-order chi connectivity index (χ0) is 21.8. The highest BCUT2D eigenvalue weighted by Gasteiger charge is 2.29. The van der Waals surface area contributed by atoms with Crippen molar-refractivity contribution in [3.05, 3.63) is 48.2 Å². The smallest absolute Gasteiger partial charge is 0.407 e. The van der Waals surface area contributed by atoms with Crippen molar-refractivity contribution in [2.75, 3.05) is 6.61 Å². The SMILES string of the molecule is C=CC(C)(C)c1[nH]c2ccccc2c1C[C@H](NC(=O)OCC[Si](C)(C)C)C(=O)O. The number of allylic oxidation sites excluding steroid dienone is 1. The first kappa shape index (κ1) is 22.7. The molecular weight excluding hydrogens is 384 g/mol. The number of hydrogen-bond acceptors (Lipinski definition) is 3. The molecule has 0 spiro atoms. The Morgan fingerprint density at radius 3 is 2.55 bits per heavy atom. The molecule has 1 heterocycles. The second kappa shape index (κ2) is 8.86. The lowest BCUT2D eigenvalue weighted by Gasteiger charge is -2.23. The molecule has 0 radical (unpaired) electrons. The molecule has 7 heteroatoms. The molecule has 0 fully saturated rings. The zero-order valence-corrected chi connectivity index (χ0v) is 19.0.